The topological polar surface area (TPSA) is 37.6 Å². The molecule has 0 aliphatic rings. The molecule has 0 saturated carbocycles. The highest BCUT2D eigenvalue weighted by molar-refractivity contribution is 5.18. The van der Waals surface area contributed by atoms with E-state index in [0.717, 1.165) is 18.7 Å². The number of hydrogen-bond acceptors (Lipinski definition) is 3. The summed E-state index contributed by atoms with van der Waals surface area (Å²) >= 11 is 0. The van der Waals surface area contributed by atoms with E-state index >= 15 is 0 Å². The van der Waals surface area contributed by atoms with Crippen molar-refractivity contribution in [3.05, 3.63) is 108 Å². The first-order valence-corrected chi connectivity index (χ1v) is 10.1. The second-order valence-corrected chi connectivity index (χ2v) is 7.25. The maximum Gasteiger partial charge on any atom is 0.0900 e. The lowest BCUT2D eigenvalue weighted by Gasteiger charge is -2.24. The number of aliphatic hydroxyl groups is 1. The molecule has 0 fully saturated rings. The van der Waals surface area contributed by atoms with Gasteiger partial charge >= 0.3 is 0 Å². The fourth-order valence-corrected chi connectivity index (χ4v) is 3.38. The number of aliphatic hydroxyl groups excluding tert-OH is 1. The molecule has 4 nitrogen and oxygen atoms in total. The van der Waals surface area contributed by atoms with Gasteiger partial charge in [-0.15, -0.1) is 6.58 Å². The molecule has 1 N–H and O–H groups in total. The number of benzene rings is 2. The average molecular weight is 391 g/mol. The lowest BCUT2D eigenvalue weighted by molar-refractivity contribution is 0.0101. The lowest BCUT2D eigenvalue weighted by Crippen LogP contribution is -2.35. The van der Waals surface area contributed by atoms with Gasteiger partial charge in [-0.25, -0.2) is 0 Å². The van der Waals surface area contributed by atoms with E-state index in [1.165, 1.54) is 11.3 Å². The molecule has 0 aliphatic carbocycles. The van der Waals surface area contributed by atoms with Crippen LogP contribution in [0.5, 0.6) is 0 Å². The molecule has 1 aromatic heterocycles. The summed E-state index contributed by atoms with van der Waals surface area (Å²) in [6.45, 7) is 7.54. The Morgan fingerprint density at radius 3 is 2.34 bits per heavy atom. The van der Waals surface area contributed by atoms with Crippen LogP contribution in [0.25, 0.3) is 0 Å². The van der Waals surface area contributed by atoms with Gasteiger partial charge in [0.1, 0.15) is 0 Å². The monoisotopic (exact) mass is 390 g/mol. The standard InChI is InChI=1S/C25H30N2O2/c1-2-15-26(19-25(28)21-29-20-23-12-7-4-8-13-23)18-24-14-9-16-27(24)17-22-10-5-3-6-11-22/h2-14,16,25,28H,1,15,17-21H2/t25-/m0/s1. The van der Waals surface area contributed by atoms with Crippen LogP contribution in [-0.2, 0) is 24.4 Å². The molecule has 152 valence electrons. The van der Waals surface area contributed by atoms with E-state index in [1.54, 1.807) is 0 Å². The highest BCUT2D eigenvalue weighted by Gasteiger charge is 2.13. The van der Waals surface area contributed by atoms with Crippen LogP contribution in [0.1, 0.15) is 16.8 Å². The van der Waals surface area contributed by atoms with Crippen molar-refractivity contribution in [2.45, 2.75) is 25.8 Å². The Morgan fingerprint density at radius 2 is 1.66 bits per heavy atom. The summed E-state index contributed by atoms with van der Waals surface area (Å²) in [4.78, 5) is 2.19. The van der Waals surface area contributed by atoms with Crippen molar-refractivity contribution in [1.29, 1.82) is 0 Å². The minimum absolute atomic E-state index is 0.313. The summed E-state index contributed by atoms with van der Waals surface area (Å²) in [5, 5.41) is 10.4. The van der Waals surface area contributed by atoms with Crippen LogP contribution in [0.2, 0.25) is 0 Å². The minimum Gasteiger partial charge on any atom is -0.389 e. The summed E-state index contributed by atoms with van der Waals surface area (Å²) < 4.78 is 7.94. The van der Waals surface area contributed by atoms with Crippen molar-refractivity contribution in [2.24, 2.45) is 0 Å². The van der Waals surface area contributed by atoms with Gasteiger partial charge in [0.2, 0.25) is 0 Å². The van der Waals surface area contributed by atoms with Crippen molar-refractivity contribution in [3.63, 3.8) is 0 Å². The van der Waals surface area contributed by atoms with Crippen LogP contribution in [0, 0.1) is 0 Å². The number of ether oxygens (including phenoxy) is 1. The van der Waals surface area contributed by atoms with E-state index in [9.17, 15) is 5.11 Å². The molecule has 0 aliphatic heterocycles. The first-order valence-electron chi connectivity index (χ1n) is 10.1. The Hall–Kier alpha value is -2.66. The van der Waals surface area contributed by atoms with Gasteiger partial charge in [0.05, 0.1) is 19.3 Å². The Kier molecular flexibility index (Phi) is 8.25. The normalized spacial score (nSPS) is 12.2. The van der Waals surface area contributed by atoms with Crippen LogP contribution in [0.3, 0.4) is 0 Å². The summed E-state index contributed by atoms with van der Waals surface area (Å²) in [5.41, 5.74) is 3.60. The predicted molar refractivity (Wildman–Crippen MR) is 118 cm³/mol. The van der Waals surface area contributed by atoms with Gasteiger partial charge in [0, 0.05) is 38.1 Å². The van der Waals surface area contributed by atoms with E-state index < -0.39 is 6.10 Å². The second-order valence-electron chi connectivity index (χ2n) is 7.25. The molecule has 0 radical (unpaired) electrons. The molecule has 4 heteroatoms. The largest absolute Gasteiger partial charge is 0.389 e. The van der Waals surface area contributed by atoms with E-state index in [2.05, 4.69) is 58.6 Å². The zero-order valence-corrected chi connectivity index (χ0v) is 16.9. The Balaban J connectivity index is 1.52. The molecule has 1 atom stereocenters. The molecule has 0 unspecified atom stereocenters. The van der Waals surface area contributed by atoms with E-state index in [4.69, 9.17) is 4.74 Å². The highest BCUT2D eigenvalue weighted by atomic mass is 16.5. The zero-order valence-electron chi connectivity index (χ0n) is 16.9. The molecular formula is C25H30N2O2. The third-order valence-corrected chi connectivity index (χ3v) is 4.78. The van der Waals surface area contributed by atoms with Gasteiger partial charge in [-0.2, -0.15) is 0 Å². The highest BCUT2D eigenvalue weighted by Crippen LogP contribution is 2.11. The lowest BCUT2D eigenvalue weighted by atomic mass is 10.2. The molecule has 0 amide bonds. The molecule has 2 aromatic carbocycles. The number of rotatable bonds is 12. The maximum absolute atomic E-state index is 10.4. The number of aromatic nitrogens is 1. The zero-order chi connectivity index (χ0) is 20.3. The summed E-state index contributed by atoms with van der Waals surface area (Å²) in [7, 11) is 0. The van der Waals surface area contributed by atoms with Crippen LogP contribution in [0.4, 0.5) is 0 Å². The Labute approximate surface area is 173 Å². The van der Waals surface area contributed by atoms with Crippen LogP contribution in [0.15, 0.2) is 91.6 Å². The SMILES string of the molecule is C=CCN(Cc1cccn1Cc1ccccc1)C[C@H](O)COCc1ccccc1. The summed E-state index contributed by atoms with van der Waals surface area (Å²) in [6, 6.07) is 24.7. The molecule has 3 rings (SSSR count). The Bertz CT molecular complexity index is 846. The maximum atomic E-state index is 10.4. The van der Waals surface area contributed by atoms with Gasteiger partial charge in [-0.1, -0.05) is 66.7 Å². The van der Waals surface area contributed by atoms with Gasteiger partial charge in [0.15, 0.2) is 0 Å². The van der Waals surface area contributed by atoms with Gasteiger partial charge in [-0.05, 0) is 23.3 Å². The van der Waals surface area contributed by atoms with Crippen molar-refractivity contribution >= 4 is 0 Å². The smallest absolute Gasteiger partial charge is 0.0900 e. The molecule has 0 spiro atoms. The molecular weight excluding hydrogens is 360 g/mol. The summed E-state index contributed by atoms with van der Waals surface area (Å²) in [6.07, 6.45) is 3.44. The fourth-order valence-electron chi connectivity index (χ4n) is 3.38. The van der Waals surface area contributed by atoms with Crippen LogP contribution in [-0.4, -0.2) is 40.4 Å². The third-order valence-electron chi connectivity index (χ3n) is 4.78. The number of hydrogen-bond donors (Lipinski definition) is 1. The third kappa shape index (κ3) is 7.02. The summed E-state index contributed by atoms with van der Waals surface area (Å²) in [5.74, 6) is 0. The number of nitrogens with zero attached hydrogens (tertiary/aromatic N) is 2. The van der Waals surface area contributed by atoms with Crippen molar-refractivity contribution in [2.75, 3.05) is 19.7 Å². The van der Waals surface area contributed by atoms with Gasteiger partial charge < -0.3 is 14.4 Å². The first-order chi connectivity index (χ1) is 14.2. The predicted octanol–water partition coefficient (Wildman–Crippen LogP) is 4.10. The molecule has 1 heterocycles. The average Bonchev–Trinajstić information content (AvgIpc) is 3.16. The van der Waals surface area contributed by atoms with E-state index in [0.29, 0.717) is 26.3 Å². The molecule has 3 aromatic rings. The molecule has 0 saturated heterocycles. The van der Waals surface area contributed by atoms with E-state index in [-0.39, 0.29) is 0 Å². The molecule has 29 heavy (non-hydrogen) atoms. The van der Waals surface area contributed by atoms with Crippen molar-refractivity contribution in [3.8, 4) is 0 Å². The van der Waals surface area contributed by atoms with Crippen LogP contribution >= 0.6 is 0 Å². The Morgan fingerprint density at radius 1 is 0.966 bits per heavy atom. The minimum atomic E-state index is -0.545. The van der Waals surface area contributed by atoms with Crippen molar-refractivity contribution in [1.82, 2.24) is 9.47 Å². The van der Waals surface area contributed by atoms with Crippen LogP contribution < -0.4 is 0 Å². The van der Waals surface area contributed by atoms with Gasteiger partial charge in [0.25, 0.3) is 0 Å². The second kappa shape index (κ2) is 11.4. The van der Waals surface area contributed by atoms with Crippen molar-refractivity contribution < 1.29 is 9.84 Å². The van der Waals surface area contributed by atoms with Gasteiger partial charge in [-0.3, -0.25) is 4.90 Å². The fraction of sp³-hybridized carbons (Fsp3) is 0.280. The quantitative estimate of drug-likeness (QED) is 0.473. The van der Waals surface area contributed by atoms with E-state index in [1.807, 2.05) is 42.5 Å². The molecule has 0 bridgehead atoms. The first kappa shape index (κ1) is 21.1.